The second kappa shape index (κ2) is 16.2. The molecule has 0 N–H and O–H groups in total. The van der Waals surface area contributed by atoms with Crippen molar-refractivity contribution in [3.63, 3.8) is 0 Å². The predicted molar refractivity (Wildman–Crippen MR) is 183 cm³/mol. The molecule has 50 heavy (non-hydrogen) atoms. The predicted octanol–water partition coefficient (Wildman–Crippen LogP) is 9.06. The zero-order valence-electron chi connectivity index (χ0n) is 29.1. The summed E-state index contributed by atoms with van der Waals surface area (Å²) in [6.45, 7) is 9.19. The second-order valence-electron chi connectivity index (χ2n) is 13.3. The highest BCUT2D eigenvalue weighted by atomic mass is 32.2. The van der Waals surface area contributed by atoms with Crippen LogP contribution >= 0.6 is 0 Å². The molecule has 1 aliphatic carbocycles. The Bertz CT molecular complexity index is 1640. The van der Waals surface area contributed by atoms with Gasteiger partial charge in [-0.25, -0.2) is 18.4 Å². The number of halogens is 6. The van der Waals surface area contributed by atoms with Gasteiger partial charge in [-0.1, -0.05) is 43.9 Å². The van der Waals surface area contributed by atoms with E-state index in [9.17, 15) is 34.8 Å². The van der Waals surface area contributed by atoms with Crippen molar-refractivity contribution in [2.24, 2.45) is 11.8 Å². The van der Waals surface area contributed by atoms with E-state index in [1.807, 2.05) is 25.1 Å². The Balaban J connectivity index is 1.75. The van der Waals surface area contributed by atoms with Gasteiger partial charge in [0.1, 0.15) is 6.61 Å². The topological polar surface area (TPSA) is 75.6 Å². The lowest BCUT2D eigenvalue weighted by molar-refractivity contribution is -0.143. The lowest BCUT2D eigenvalue weighted by Crippen LogP contribution is -2.34. The summed E-state index contributed by atoms with van der Waals surface area (Å²) in [6.07, 6.45) is -0.533. The first-order valence-corrected chi connectivity index (χ1v) is 19.0. The van der Waals surface area contributed by atoms with Crippen LogP contribution in [0, 0.1) is 18.8 Å². The third-order valence-electron chi connectivity index (χ3n) is 9.47. The molecule has 0 aliphatic heterocycles. The quantitative estimate of drug-likeness (QED) is 0.153. The first-order valence-electron chi connectivity index (χ1n) is 16.9. The van der Waals surface area contributed by atoms with Gasteiger partial charge in [0.25, 0.3) is 0 Å². The maximum atomic E-state index is 13.9. The Labute approximate surface area is 291 Å². The van der Waals surface area contributed by atoms with Crippen molar-refractivity contribution in [1.29, 1.82) is 0 Å². The van der Waals surface area contributed by atoms with Crippen molar-refractivity contribution in [3.8, 4) is 5.75 Å². The zero-order valence-corrected chi connectivity index (χ0v) is 29.9. The molecule has 0 amide bonds. The summed E-state index contributed by atoms with van der Waals surface area (Å²) < 4.78 is 112. The third-order valence-corrected chi connectivity index (χ3v) is 10.4. The molecular formula is C36H46F6N4O3S. The fourth-order valence-corrected chi connectivity index (χ4v) is 6.87. The number of rotatable bonds is 14. The minimum atomic E-state index is -5.01. The van der Waals surface area contributed by atoms with E-state index in [4.69, 9.17) is 4.74 Å². The van der Waals surface area contributed by atoms with Crippen LogP contribution < -0.4 is 14.5 Å². The van der Waals surface area contributed by atoms with Gasteiger partial charge in [0.15, 0.2) is 15.6 Å². The van der Waals surface area contributed by atoms with Crippen molar-refractivity contribution < 1.29 is 39.5 Å². The number of ether oxygens (including phenoxy) is 1. The minimum absolute atomic E-state index is 0.0484. The van der Waals surface area contributed by atoms with Crippen molar-refractivity contribution in [2.75, 3.05) is 41.5 Å². The lowest BCUT2D eigenvalue weighted by Gasteiger charge is -2.36. The van der Waals surface area contributed by atoms with Crippen LogP contribution in [-0.4, -0.2) is 50.1 Å². The maximum Gasteiger partial charge on any atom is 0.416 e. The van der Waals surface area contributed by atoms with Gasteiger partial charge in [0.2, 0.25) is 5.95 Å². The van der Waals surface area contributed by atoms with Gasteiger partial charge in [0.05, 0.1) is 35.3 Å². The lowest BCUT2D eigenvalue weighted by atomic mass is 9.80. The molecule has 4 rings (SSSR count). The monoisotopic (exact) mass is 728 g/mol. The summed E-state index contributed by atoms with van der Waals surface area (Å²) in [4.78, 5) is 12.6. The smallest absolute Gasteiger partial charge is 0.416 e. The van der Waals surface area contributed by atoms with Gasteiger partial charge in [-0.2, -0.15) is 26.3 Å². The van der Waals surface area contributed by atoms with E-state index in [2.05, 4.69) is 28.7 Å². The standard InChI is InChI=1S/C36H46F6N4O3S/c1-6-26-9-11-27(12-10-26)22-45(7-2)33-13-8-24(3)16-29(33)23-46(34-43-20-32(21-44-34)49-14-15-50(5,47)48)25(4)28-17-30(35(37,38)39)19-31(18-28)36(40,41)42/h8,13,16-21,25-27H,6-7,9-12,14-15,22-23H2,1-5H3/t25-,26?,27?/m0/s1. The largest absolute Gasteiger partial charge is 0.489 e. The fourth-order valence-electron chi connectivity index (χ4n) is 6.49. The Hall–Kier alpha value is -3.55. The molecule has 1 aromatic heterocycles. The molecule has 1 saturated carbocycles. The summed E-state index contributed by atoms with van der Waals surface area (Å²) in [5.41, 5.74) is -0.343. The Morgan fingerprint density at radius 3 is 2.00 bits per heavy atom. The van der Waals surface area contributed by atoms with Gasteiger partial charge in [-0.05, 0) is 80.8 Å². The second-order valence-corrected chi connectivity index (χ2v) is 15.6. The average Bonchev–Trinajstić information content (AvgIpc) is 3.05. The first kappa shape index (κ1) is 39.2. The van der Waals surface area contributed by atoms with E-state index < -0.39 is 39.4 Å². The molecule has 7 nitrogen and oxygen atoms in total. The number of aryl methyl sites for hydroxylation is 1. The van der Waals surface area contributed by atoms with E-state index >= 15 is 0 Å². The van der Waals surface area contributed by atoms with Crippen LogP contribution in [0.2, 0.25) is 0 Å². The van der Waals surface area contributed by atoms with Gasteiger partial charge >= 0.3 is 12.4 Å². The molecule has 0 bridgehead atoms. The molecule has 14 heteroatoms. The van der Waals surface area contributed by atoms with Crippen molar-refractivity contribution in [3.05, 3.63) is 76.6 Å². The molecule has 276 valence electrons. The van der Waals surface area contributed by atoms with Crippen LogP contribution in [0.25, 0.3) is 0 Å². The molecule has 0 saturated heterocycles. The Morgan fingerprint density at radius 2 is 1.48 bits per heavy atom. The van der Waals surface area contributed by atoms with Gasteiger partial charge in [0, 0.05) is 31.6 Å². The highest BCUT2D eigenvalue weighted by molar-refractivity contribution is 7.90. The summed E-state index contributed by atoms with van der Waals surface area (Å²) in [5.74, 6) is 1.23. The van der Waals surface area contributed by atoms with Crippen LogP contribution in [0.1, 0.15) is 86.7 Å². The van der Waals surface area contributed by atoms with Crippen LogP contribution in [-0.2, 0) is 28.7 Å². The maximum absolute atomic E-state index is 13.9. The number of hydrogen-bond donors (Lipinski definition) is 0. The van der Waals surface area contributed by atoms with Gasteiger partial charge in [-0.15, -0.1) is 0 Å². The van der Waals surface area contributed by atoms with Crippen molar-refractivity contribution in [1.82, 2.24) is 9.97 Å². The molecule has 1 fully saturated rings. The fraction of sp³-hybridized carbons (Fsp3) is 0.556. The highest BCUT2D eigenvalue weighted by Gasteiger charge is 2.38. The summed E-state index contributed by atoms with van der Waals surface area (Å²) in [5, 5.41) is 0. The molecule has 2 aromatic carbocycles. The summed E-state index contributed by atoms with van der Waals surface area (Å²) in [6, 6.07) is 6.52. The molecule has 1 aliphatic rings. The number of anilines is 2. The zero-order chi connectivity index (χ0) is 36.9. The van der Waals surface area contributed by atoms with Gasteiger partial charge < -0.3 is 14.5 Å². The number of benzene rings is 2. The van der Waals surface area contributed by atoms with Crippen molar-refractivity contribution in [2.45, 2.75) is 84.7 Å². The number of alkyl halides is 6. The normalized spacial score (nSPS) is 17.7. The molecular weight excluding hydrogens is 682 g/mol. The number of hydrogen-bond acceptors (Lipinski definition) is 7. The van der Waals surface area contributed by atoms with E-state index in [1.54, 1.807) is 4.90 Å². The number of aromatic nitrogens is 2. The van der Waals surface area contributed by atoms with E-state index in [0.29, 0.717) is 12.5 Å². The van der Waals surface area contributed by atoms with Crippen LogP contribution in [0.15, 0.2) is 48.8 Å². The van der Waals surface area contributed by atoms with E-state index in [0.717, 1.165) is 60.5 Å². The average molecular weight is 729 g/mol. The van der Waals surface area contributed by atoms with Crippen LogP contribution in [0.3, 0.4) is 0 Å². The first-order chi connectivity index (χ1) is 23.4. The Morgan fingerprint density at radius 1 is 0.900 bits per heavy atom. The molecule has 1 atom stereocenters. The van der Waals surface area contributed by atoms with E-state index in [-0.39, 0.29) is 42.2 Å². The molecule has 0 unspecified atom stereocenters. The molecule has 0 radical (unpaired) electrons. The van der Waals surface area contributed by atoms with Gasteiger partial charge in [-0.3, -0.25) is 0 Å². The molecule has 0 spiro atoms. The number of sulfone groups is 1. The SMILES string of the molecule is CCC1CCC(CN(CC)c2ccc(C)cc2CN(c2ncc(OCCS(C)(=O)=O)cn2)[C@@H](C)c2cc(C(F)(F)F)cc(C(F)(F)F)c2)CC1. The van der Waals surface area contributed by atoms with Crippen LogP contribution in [0.5, 0.6) is 5.75 Å². The minimum Gasteiger partial charge on any atom is -0.489 e. The van der Waals surface area contributed by atoms with Crippen LogP contribution in [0.4, 0.5) is 38.0 Å². The highest BCUT2D eigenvalue weighted by Crippen LogP contribution is 2.40. The Kier molecular flexibility index (Phi) is 12.7. The van der Waals surface area contributed by atoms with E-state index in [1.165, 1.54) is 38.6 Å². The third kappa shape index (κ3) is 10.7. The summed E-state index contributed by atoms with van der Waals surface area (Å²) >= 11 is 0. The number of nitrogens with zero attached hydrogens (tertiary/aromatic N) is 4. The van der Waals surface area contributed by atoms with Crippen molar-refractivity contribution >= 4 is 21.5 Å². The molecule has 1 heterocycles. The molecule has 3 aromatic rings. The summed E-state index contributed by atoms with van der Waals surface area (Å²) in [7, 11) is -3.29.